The van der Waals surface area contributed by atoms with Crippen LogP contribution < -0.4 is 5.32 Å². The van der Waals surface area contributed by atoms with Crippen molar-refractivity contribution in [1.82, 2.24) is 9.80 Å². The molecule has 1 atom stereocenters. The predicted molar refractivity (Wildman–Crippen MR) is 125 cm³/mol. The summed E-state index contributed by atoms with van der Waals surface area (Å²) in [5.74, 6) is -0.0636. The Hall–Kier alpha value is -3.12. The van der Waals surface area contributed by atoms with Gasteiger partial charge in [0, 0.05) is 42.8 Å². The smallest absolute Gasteiger partial charge is 0.321 e. The number of carbonyl (C=O) groups excluding carboxylic acids is 3. The Bertz CT molecular complexity index is 1130. The van der Waals surface area contributed by atoms with Gasteiger partial charge in [0.1, 0.15) is 0 Å². The third-order valence-electron chi connectivity index (χ3n) is 6.21. The minimum Gasteiger partial charge on any atom is -0.324 e. The lowest BCUT2D eigenvalue weighted by Crippen LogP contribution is -2.43. The van der Waals surface area contributed by atoms with Crippen molar-refractivity contribution in [3.8, 4) is 0 Å². The van der Waals surface area contributed by atoms with E-state index in [-0.39, 0.29) is 17.7 Å². The molecule has 1 saturated carbocycles. The molecule has 2 aliphatic rings. The number of nitrogens with zero attached hydrogens (tertiary/aromatic N) is 2. The average Bonchev–Trinajstić information content (AvgIpc) is 3.08. The minimum absolute atomic E-state index is 0.0530. The van der Waals surface area contributed by atoms with Crippen molar-refractivity contribution in [2.45, 2.75) is 45.3 Å². The molecule has 4 rings (SSSR count). The number of allylic oxidation sites excluding steroid dienone is 1. The zero-order chi connectivity index (χ0) is 23.0. The van der Waals surface area contributed by atoms with Gasteiger partial charge in [-0.05, 0) is 54.7 Å². The summed E-state index contributed by atoms with van der Waals surface area (Å²) in [6, 6.07) is 10.2. The van der Waals surface area contributed by atoms with Crippen LogP contribution in [-0.4, -0.2) is 40.6 Å². The summed E-state index contributed by atoms with van der Waals surface area (Å²) in [5.41, 5.74) is 4.87. The number of halogens is 1. The van der Waals surface area contributed by atoms with E-state index in [1.807, 2.05) is 25.1 Å². The Balaban J connectivity index is 1.48. The fourth-order valence-corrected chi connectivity index (χ4v) is 4.50. The second-order valence-electron chi connectivity index (χ2n) is 8.57. The second-order valence-corrected chi connectivity index (χ2v) is 8.98. The van der Waals surface area contributed by atoms with Crippen molar-refractivity contribution in [3.63, 3.8) is 0 Å². The molecule has 3 amide bonds. The van der Waals surface area contributed by atoms with E-state index in [1.54, 1.807) is 35.0 Å². The summed E-state index contributed by atoms with van der Waals surface area (Å²) in [5, 5.41) is 3.44. The molecule has 32 heavy (non-hydrogen) atoms. The first kappa shape index (κ1) is 22.1. The maximum atomic E-state index is 13.0. The maximum absolute atomic E-state index is 13.0. The first-order valence-electron chi connectivity index (χ1n) is 10.6. The highest BCUT2D eigenvalue weighted by Crippen LogP contribution is 2.33. The zero-order valence-electron chi connectivity index (χ0n) is 18.3. The minimum atomic E-state index is -0.402. The quantitative estimate of drug-likeness (QED) is 0.669. The molecule has 1 aliphatic carbocycles. The molecular weight excluding hydrogens is 426 g/mol. The van der Waals surface area contributed by atoms with Gasteiger partial charge in [-0.15, -0.1) is 0 Å². The molecule has 2 aromatic rings. The lowest BCUT2D eigenvalue weighted by atomic mass is 9.89. The lowest BCUT2D eigenvalue weighted by Gasteiger charge is -2.30. The molecule has 0 saturated heterocycles. The van der Waals surface area contributed by atoms with Crippen LogP contribution in [0, 0.1) is 6.92 Å². The number of rotatable bonds is 4. The molecule has 2 aromatic carbocycles. The zero-order valence-corrected chi connectivity index (χ0v) is 19.0. The van der Waals surface area contributed by atoms with Gasteiger partial charge in [-0.2, -0.15) is 0 Å². The Kier molecular flexibility index (Phi) is 6.07. The SMILES string of the molecule is C=C1CCC(N2Cc3c(CN(C)C(=O)Nc4ccc(C)c(Cl)c4)cccc3C2=O)C(=O)C1. The van der Waals surface area contributed by atoms with Crippen LogP contribution in [0.1, 0.15) is 46.3 Å². The van der Waals surface area contributed by atoms with Crippen molar-refractivity contribution >= 4 is 35.0 Å². The molecule has 0 aromatic heterocycles. The van der Waals surface area contributed by atoms with Crippen LogP contribution in [0.25, 0.3) is 0 Å². The Morgan fingerprint density at radius 3 is 2.78 bits per heavy atom. The molecule has 1 aliphatic heterocycles. The van der Waals surface area contributed by atoms with Crippen LogP contribution >= 0.6 is 11.6 Å². The summed E-state index contributed by atoms with van der Waals surface area (Å²) in [6.45, 7) is 6.54. The van der Waals surface area contributed by atoms with Crippen LogP contribution in [0.3, 0.4) is 0 Å². The van der Waals surface area contributed by atoms with Crippen molar-refractivity contribution in [1.29, 1.82) is 0 Å². The fourth-order valence-electron chi connectivity index (χ4n) is 4.32. The van der Waals surface area contributed by atoms with Crippen molar-refractivity contribution < 1.29 is 14.4 Å². The molecule has 0 radical (unpaired) electrons. The number of anilines is 1. The first-order chi connectivity index (χ1) is 15.2. The van der Waals surface area contributed by atoms with E-state index in [1.165, 1.54) is 0 Å². The van der Waals surface area contributed by atoms with Crippen molar-refractivity contribution in [2.75, 3.05) is 12.4 Å². The van der Waals surface area contributed by atoms with E-state index in [9.17, 15) is 14.4 Å². The number of hydrogen-bond donors (Lipinski definition) is 1. The van der Waals surface area contributed by atoms with Crippen LogP contribution in [0.2, 0.25) is 5.02 Å². The summed E-state index contributed by atoms with van der Waals surface area (Å²) < 4.78 is 0. The molecule has 0 spiro atoms. The molecule has 166 valence electrons. The topological polar surface area (TPSA) is 69.7 Å². The van der Waals surface area contributed by atoms with Gasteiger partial charge in [-0.1, -0.05) is 42.0 Å². The Labute approximate surface area is 192 Å². The molecular formula is C25H26ClN3O3. The molecule has 1 fully saturated rings. The molecule has 1 unspecified atom stereocenters. The number of carbonyl (C=O) groups is 3. The van der Waals surface area contributed by atoms with E-state index >= 15 is 0 Å². The van der Waals surface area contributed by atoms with Gasteiger partial charge in [0.2, 0.25) is 0 Å². The van der Waals surface area contributed by atoms with Gasteiger partial charge in [-0.3, -0.25) is 9.59 Å². The van der Waals surface area contributed by atoms with Crippen LogP contribution in [0.4, 0.5) is 10.5 Å². The second kappa shape index (κ2) is 8.79. The standard InChI is InChI=1S/C25H26ClN3O3/c1-15-7-10-22(23(30)11-15)29-14-20-17(5-4-6-19(20)24(29)31)13-28(3)25(32)27-18-9-8-16(2)21(26)12-18/h4-6,8-9,12,22H,1,7,10-11,13-14H2,2-3H3,(H,27,32). The number of Topliss-reactive ketones (excluding diaryl/α,β-unsaturated/α-hetero) is 1. The number of urea groups is 1. The number of benzene rings is 2. The van der Waals surface area contributed by atoms with Gasteiger partial charge < -0.3 is 15.1 Å². The number of amides is 3. The third kappa shape index (κ3) is 4.28. The van der Waals surface area contributed by atoms with E-state index in [0.717, 1.165) is 28.7 Å². The molecule has 6 nitrogen and oxygen atoms in total. The van der Waals surface area contributed by atoms with Gasteiger partial charge >= 0.3 is 6.03 Å². The van der Waals surface area contributed by atoms with Crippen LogP contribution in [-0.2, 0) is 17.9 Å². The lowest BCUT2D eigenvalue weighted by molar-refractivity contribution is -0.124. The molecule has 1 N–H and O–H groups in total. The van der Waals surface area contributed by atoms with E-state index in [2.05, 4.69) is 11.9 Å². The fraction of sp³-hybridized carbons (Fsp3) is 0.320. The highest BCUT2D eigenvalue weighted by atomic mass is 35.5. The first-order valence-corrected chi connectivity index (χ1v) is 11.0. The molecule has 0 bridgehead atoms. The largest absolute Gasteiger partial charge is 0.324 e. The highest BCUT2D eigenvalue weighted by Gasteiger charge is 2.38. The highest BCUT2D eigenvalue weighted by molar-refractivity contribution is 6.31. The van der Waals surface area contributed by atoms with E-state index < -0.39 is 6.04 Å². The monoisotopic (exact) mass is 451 g/mol. The number of fused-ring (bicyclic) bond motifs is 1. The van der Waals surface area contributed by atoms with Gasteiger partial charge in [0.05, 0.1) is 6.04 Å². The molecule has 7 heteroatoms. The third-order valence-corrected chi connectivity index (χ3v) is 6.62. The number of aryl methyl sites for hydroxylation is 1. The summed E-state index contributed by atoms with van der Waals surface area (Å²) in [7, 11) is 1.70. The summed E-state index contributed by atoms with van der Waals surface area (Å²) in [4.78, 5) is 41.5. The van der Waals surface area contributed by atoms with Crippen LogP contribution in [0.15, 0.2) is 48.6 Å². The van der Waals surface area contributed by atoms with Gasteiger partial charge in [0.25, 0.3) is 5.91 Å². The predicted octanol–water partition coefficient (Wildman–Crippen LogP) is 4.95. The van der Waals surface area contributed by atoms with Crippen molar-refractivity contribution in [3.05, 3.63) is 75.8 Å². The van der Waals surface area contributed by atoms with Crippen LogP contribution in [0.5, 0.6) is 0 Å². The van der Waals surface area contributed by atoms with Gasteiger partial charge in [-0.25, -0.2) is 4.79 Å². The number of nitrogens with one attached hydrogen (secondary N) is 1. The summed E-state index contributed by atoms with van der Waals surface area (Å²) >= 11 is 6.15. The van der Waals surface area contributed by atoms with Gasteiger partial charge in [0.15, 0.2) is 5.78 Å². The number of hydrogen-bond acceptors (Lipinski definition) is 3. The molecule has 1 heterocycles. The maximum Gasteiger partial charge on any atom is 0.321 e. The Morgan fingerprint density at radius 1 is 1.28 bits per heavy atom. The van der Waals surface area contributed by atoms with Crippen molar-refractivity contribution in [2.24, 2.45) is 0 Å². The Morgan fingerprint density at radius 2 is 2.06 bits per heavy atom. The van der Waals surface area contributed by atoms with E-state index in [0.29, 0.717) is 42.2 Å². The normalized spacial score (nSPS) is 18.0. The number of ketones is 1. The summed E-state index contributed by atoms with van der Waals surface area (Å²) in [6.07, 6.45) is 1.72. The van der Waals surface area contributed by atoms with E-state index in [4.69, 9.17) is 11.6 Å². The average molecular weight is 452 g/mol.